The predicted molar refractivity (Wildman–Crippen MR) is 102 cm³/mol. The zero-order valence-electron chi connectivity index (χ0n) is 15.1. The number of piperidine rings is 2. The third kappa shape index (κ3) is 4.28. The fourth-order valence-corrected chi connectivity index (χ4v) is 5.36. The number of hydrogen-bond donors (Lipinski definition) is 1. The van der Waals surface area contributed by atoms with Gasteiger partial charge in [0, 0.05) is 32.1 Å². The molecular formula is C18H24ClN3O4S. The molecule has 9 heteroatoms. The lowest BCUT2D eigenvalue weighted by atomic mass is 9.96. The second kappa shape index (κ2) is 8.16. The summed E-state index contributed by atoms with van der Waals surface area (Å²) in [6.07, 6.45) is 3.72. The number of rotatable bonds is 4. The van der Waals surface area contributed by atoms with Crippen LogP contribution in [0.25, 0.3) is 0 Å². The minimum Gasteiger partial charge on any atom is -0.369 e. The molecule has 0 aliphatic carbocycles. The molecule has 1 aromatic rings. The molecule has 2 aliphatic heterocycles. The van der Waals surface area contributed by atoms with Gasteiger partial charge in [0.2, 0.25) is 15.9 Å². The summed E-state index contributed by atoms with van der Waals surface area (Å²) >= 11 is 6.20. The molecule has 0 saturated carbocycles. The molecule has 7 nitrogen and oxygen atoms in total. The van der Waals surface area contributed by atoms with E-state index in [2.05, 4.69) is 0 Å². The Morgan fingerprint density at radius 2 is 1.67 bits per heavy atom. The van der Waals surface area contributed by atoms with Crippen LogP contribution in [0.15, 0.2) is 23.1 Å². The Hall–Kier alpha value is -1.64. The number of nitrogens with zero attached hydrogens (tertiary/aromatic N) is 2. The molecule has 0 atom stereocenters. The van der Waals surface area contributed by atoms with Crippen LogP contribution < -0.4 is 5.73 Å². The quantitative estimate of drug-likeness (QED) is 0.813. The number of carbonyl (C=O) groups excluding carboxylic acids is 2. The number of nitrogens with two attached hydrogens (primary N) is 1. The molecule has 2 saturated heterocycles. The summed E-state index contributed by atoms with van der Waals surface area (Å²) in [5.41, 5.74) is 5.50. The average molecular weight is 414 g/mol. The van der Waals surface area contributed by atoms with Crippen molar-refractivity contribution in [2.75, 3.05) is 26.2 Å². The van der Waals surface area contributed by atoms with E-state index in [4.69, 9.17) is 17.3 Å². The molecule has 0 aromatic heterocycles. The maximum atomic E-state index is 12.9. The van der Waals surface area contributed by atoms with E-state index in [9.17, 15) is 18.0 Å². The lowest BCUT2D eigenvalue weighted by molar-refractivity contribution is -0.123. The second-order valence-electron chi connectivity index (χ2n) is 7.08. The summed E-state index contributed by atoms with van der Waals surface area (Å²) in [5.74, 6) is -0.899. The van der Waals surface area contributed by atoms with Crippen LogP contribution >= 0.6 is 11.6 Å². The molecule has 2 N–H and O–H groups in total. The van der Waals surface area contributed by atoms with Gasteiger partial charge in [0.25, 0.3) is 5.91 Å². The maximum Gasteiger partial charge on any atom is 0.255 e. The van der Waals surface area contributed by atoms with Crippen molar-refractivity contribution in [3.8, 4) is 0 Å². The first kappa shape index (κ1) is 20.1. The number of primary amides is 1. The Balaban J connectivity index is 1.81. The molecule has 2 amide bonds. The van der Waals surface area contributed by atoms with Gasteiger partial charge in [-0.25, -0.2) is 8.42 Å². The van der Waals surface area contributed by atoms with Crippen LogP contribution in [0.2, 0.25) is 5.02 Å². The molecule has 2 heterocycles. The highest BCUT2D eigenvalue weighted by atomic mass is 35.5. The number of halogens is 1. The van der Waals surface area contributed by atoms with E-state index >= 15 is 0 Å². The minimum atomic E-state index is -3.64. The molecule has 3 rings (SSSR count). The van der Waals surface area contributed by atoms with Crippen LogP contribution in [0.4, 0.5) is 0 Å². The van der Waals surface area contributed by atoms with E-state index in [0.29, 0.717) is 39.0 Å². The van der Waals surface area contributed by atoms with E-state index < -0.39 is 10.0 Å². The third-order valence-corrected chi connectivity index (χ3v) is 7.53. The first-order chi connectivity index (χ1) is 12.8. The van der Waals surface area contributed by atoms with Gasteiger partial charge in [-0.15, -0.1) is 0 Å². The number of benzene rings is 1. The van der Waals surface area contributed by atoms with Crippen molar-refractivity contribution >= 4 is 33.4 Å². The summed E-state index contributed by atoms with van der Waals surface area (Å²) in [4.78, 5) is 25.8. The Morgan fingerprint density at radius 1 is 1.04 bits per heavy atom. The van der Waals surface area contributed by atoms with Gasteiger partial charge in [0.15, 0.2) is 0 Å². The third-order valence-electron chi connectivity index (χ3n) is 5.31. The van der Waals surface area contributed by atoms with Crippen molar-refractivity contribution in [2.45, 2.75) is 37.0 Å². The van der Waals surface area contributed by atoms with E-state index in [1.54, 1.807) is 4.90 Å². The van der Waals surface area contributed by atoms with Crippen molar-refractivity contribution in [1.29, 1.82) is 0 Å². The number of carbonyl (C=O) groups is 2. The zero-order chi connectivity index (χ0) is 19.6. The molecule has 0 radical (unpaired) electrons. The standard InChI is InChI=1S/C18H24ClN3O4S/c19-16-5-4-14(27(25,26)22-8-2-1-3-9-22)12-15(16)18(24)21-10-6-13(7-11-21)17(20)23/h4-5,12-13H,1-3,6-11H2,(H2,20,23). The summed E-state index contributed by atoms with van der Waals surface area (Å²) < 4.78 is 27.2. The van der Waals surface area contributed by atoms with Crippen molar-refractivity contribution in [1.82, 2.24) is 9.21 Å². The first-order valence-electron chi connectivity index (χ1n) is 9.19. The van der Waals surface area contributed by atoms with E-state index in [1.807, 2.05) is 0 Å². The van der Waals surface area contributed by atoms with E-state index in [-0.39, 0.29) is 33.2 Å². The molecule has 27 heavy (non-hydrogen) atoms. The first-order valence-corrected chi connectivity index (χ1v) is 11.0. The van der Waals surface area contributed by atoms with Gasteiger partial charge in [-0.05, 0) is 43.9 Å². The number of amides is 2. The van der Waals surface area contributed by atoms with Crippen molar-refractivity contribution < 1.29 is 18.0 Å². The predicted octanol–water partition coefficient (Wildman–Crippen LogP) is 1.85. The van der Waals surface area contributed by atoms with Gasteiger partial charge in [0.05, 0.1) is 15.5 Å². The summed E-state index contributed by atoms with van der Waals surface area (Å²) in [7, 11) is -3.64. The Bertz CT molecular complexity index is 829. The SMILES string of the molecule is NC(=O)C1CCN(C(=O)c2cc(S(=O)(=O)N3CCCCC3)ccc2Cl)CC1. The lowest BCUT2D eigenvalue weighted by Crippen LogP contribution is -2.42. The van der Waals surface area contributed by atoms with Crippen LogP contribution in [0.1, 0.15) is 42.5 Å². The smallest absolute Gasteiger partial charge is 0.255 e. The highest BCUT2D eigenvalue weighted by Crippen LogP contribution is 2.27. The molecule has 2 fully saturated rings. The Kier molecular flexibility index (Phi) is 6.08. The van der Waals surface area contributed by atoms with Gasteiger partial charge in [-0.1, -0.05) is 18.0 Å². The monoisotopic (exact) mass is 413 g/mol. The molecular weight excluding hydrogens is 390 g/mol. The zero-order valence-corrected chi connectivity index (χ0v) is 16.6. The van der Waals surface area contributed by atoms with E-state index in [0.717, 1.165) is 19.3 Å². The molecule has 1 aromatic carbocycles. The topological polar surface area (TPSA) is 101 Å². The molecule has 148 valence electrons. The van der Waals surface area contributed by atoms with Crippen molar-refractivity contribution in [3.05, 3.63) is 28.8 Å². The Labute approximate surface area is 164 Å². The molecule has 0 spiro atoms. The maximum absolute atomic E-state index is 12.9. The minimum absolute atomic E-state index is 0.0872. The highest BCUT2D eigenvalue weighted by Gasteiger charge is 2.30. The van der Waals surface area contributed by atoms with Gasteiger partial charge < -0.3 is 10.6 Å². The van der Waals surface area contributed by atoms with Crippen LogP contribution in [-0.4, -0.2) is 55.6 Å². The molecule has 0 bridgehead atoms. The summed E-state index contributed by atoms with van der Waals surface area (Å²) in [6, 6.07) is 4.28. The average Bonchev–Trinajstić information content (AvgIpc) is 2.68. The normalized spacial score (nSPS) is 19.8. The fraction of sp³-hybridized carbons (Fsp3) is 0.556. The van der Waals surface area contributed by atoms with Crippen LogP contribution in [0.3, 0.4) is 0 Å². The van der Waals surface area contributed by atoms with Crippen LogP contribution in [-0.2, 0) is 14.8 Å². The van der Waals surface area contributed by atoms with Gasteiger partial charge >= 0.3 is 0 Å². The second-order valence-corrected chi connectivity index (χ2v) is 9.42. The largest absolute Gasteiger partial charge is 0.369 e. The highest BCUT2D eigenvalue weighted by molar-refractivity contribution is 7.89. The lowest BCUT2D eigenvalue weighted by Gasteiger charge is -2.31. The van der Waals surface area contributed by atoms with Crippen LogP contribution in [0.5, 0.6) is 0 Å². The Morgan fingerprint density at radius 3 is 2.26 bits per heavy atom. The molecule has 0 unspecified atom stereocenters. The summed E-state index contributed by atoms with van der Waals surface area (Å²) in [5, 5.41) is 0.217. The number of sulfonamides is 1. The van der Waals surface area contributed by atoms with Crippen molar-refractivity contribution in [3.63, 3.8) is 0 Å². The van der Waals surface area contributed by atoms with Crippen LogP contribution in [0, 0.1) is 5.92 Å². The van der Waals surface area contributed by atoms with Gasteiger partial charge in [0.1, 0.15) is 0 Å². The van der Waals surface area contributed by atoms with Gasteiger partial charge in [-0.2, -0.15) is 4.31 Å². The van der Waals surface area contributed by atoms with Gasteiger partial charge in [-0.3, -0.25) is 9.59 Å². The van der Waals surface area contributed by atoms with E-state index in [1.165, 1.54) is 22.5 Å². The number of hydrogen-bond acceptors (Lipinski definition) is 4. The molecule has 2 aliphatic rings. The fourth-order valence-electron chi connectivity index (χ4n) is 3.62. The van der Waals surface area contributed by atoms with Crippen molar-refractivity contribution in [2.24, 2.45) is 11.7 Å². The number of likely N-dealkylation sites (tertiary alicyclic amines) is 1. The summed E-state index contributed by atoms with van der Waals surface area (Å²) in [6.45, 7) is 1.78.